The van der Waals surface area contributed by atoms with Gasteiger partial charge in [0.25, 0.3) is 0 Å². The molecule has 2 heterocycles. The number of hydrogen-bond acceptors (Lipinski definition) is 3. The number of rotatable bonds is 8. The van der Waals surface area contributed by atoms with E-state index >= 15 is 0 Å². The van der Waals surface area contributed by atoms with Crippen molar-refractivity contribution < 1.29 is 9.53 Å². The van der Waals surface area contributed by atoms with Crippen LogP contribution in [0, 0.1) is 6.92 Å². The average molecular weight is 452 g/mol. The fourth-order valence-corrected chi connectivity index (χ4v) is 4.71. The number of nitrogens with zero attached hydrogens (tertiary/aromatic N) is 3. The van der Waals surface area contributed by atoms with E-state index in [2.05, 4.69) is 30.2 Å². The van der Waals surface area contributed by atoms with Gasteiger partial charge in [0.2, 0.25) is 5.91 Å². The number of amides is 1. The number of anilines is 1. The van der Waals surface area contributed by atoms with Crippen LogP contribution < -0.4 is 9.64 Å². The Hall–Kier alpha value is -3.86. The molecule has 1 atom stereocenters. The third kappa shape index (κ3) is 4.34. The van der Waals surface area contributed by atoms with Crippen LogP contribution in [-0.4, -0.2) is 28.6 Å². The molecule has 0 radical (unpaired) electrons. The van der Waals surface area contributed by atoms with E-state index in [9.17, 15) is 4.79 Å². The highest BCUT2D eigenvalue weighted by Crippen LogP contribution is 2.33. The van der Waals surface area contributed by atoms with E-state index in [-0.39, 0.29) is 11.8 Å². The van der Waals surface area contributed by atoms with Crippen LogP contribution in [0.1, 0.15) is 29.3 Å². The van der Waals surface area contributed by atoms with Crippen molar-refractivity contribution in [2.45, 2.75) is 32.2 Å². The molecular formula is C29H29N3O2. The molecule has 0 bridgehead atoms. The second kappa shape index (κ2) is 9.56. The van der Waals surface area contributed by atoms with Gasteiger partial charge in [-0.1, -0.05) is 54.1 Å². The summed E-state index contributed by atoms with van der Waals surface area (Å²) in [6, 6.07) is 24.4. The van der Waals surface area contributed by atoms with Crippen LogP contribution in [0.4, 0.5) is 5.69 Å². The third-order valence-electron chi connectivity index (χ3n) is 6.43. The largest absolute Gasteiger partial charge is 0.491 e. The van der Waals surface area contributed by atoms with E-state index in [4.69, 9.17) is 9.72 Å². The zero-order chi connectivity index (χ0) is 23.5. The lowest BCUT2D eigenvalue weighted by atomic mass is 10.1. The first-order valence-electron chi connectivity index (χ1n) is 11.8. The summed E-state index contributed by atoms with van der Waals surface area (Å²) in [6.07, 6.45) is 3.12. The minimum atomic E-state index is 0.0363. The number of allylic oxidation sites excluding steroid dienone is 1. The molecule has 172 valence electrons. The molecule has 0 saturated carbocycles. The molecule has 1 aromatic heterocycles. The number of para-hydroxylation sites is 3. The van der Waals surface area contributed by atoms with Crippen LogP contribution in [0.3, 0.4) is 0 Å². The zero-order valence-electron chi connectivity index (χ0n) is 19.5. The lowest BCUT2D eigenvalue weighted by Gasteiger charge is -2.18. The second-order valence-corrected chi connectivity index (χ2v) is 8.80. The van der Waals surface area contributed by atoms with Gasteiger partial charge in [0.05, 0.1) is 17.6 Å². The minimum absolute atomic E-state index is 0.0363. The molecule has 1 saturated heterocycles. The monoisotopic (exact) mass is 451 g/mol. The van der Waals surface area contributed by atoms with Crippen LogP contribution in [-0.2, 0) is 17.8 Å². The summed E-state index contributed by atoms with van der Waals surface area (Å²) in [5.74, 6) is 2.01. The number of imidazole rings is 1. The molecule has 5 nitrogen and oxygen atoms in total. The predicted octanol–water partition coefficient (Wildman–Crippen LogP) is 5.67. The third-order valence-corrected chi connectivity index (χ3v) is 6.43. The van der Waals surface area contributed by atoms with Gasteiger partial charge in [0.15, 0.2) is 0 Å². The summed E-state index contributed by atoms with van der Waals surface area (Å²) in [5, 5.41) is 0. The Morgan fingerprint density at radius 3 is 2.65 bits per heavy atom. The molecule has 5 heteroatoms. The SMILES string of the molecule is C=CCc1ccccc1OCCn1c(C2CC(=O)N(c3ccc(C)cc3)C2)nc2ccccc21. The number of ether oxygens (including phenoxy) is 1. The van der Waals surface area contributed by atoms with Crippen molar-refractivity contribution in [1.82, 2.24) is 9.55 Å². The fraction of sp³-hybridized carbons (Fsp3) is 0.241. The molecule has 1 aliphatic heterocycles. The van der Waals surface area contributed by atoms with Crippen molar-refractivity contribution in [2.75, 3.05) is 18.1 Å². The van der Waals surface area contributed by atoms with Gasteiger partial charge < -0.3 is 14.2 Å². The first kappa shape index (κ1) is 22.0. The Bertz CT molecular complexity index is 1320. The molecule has 4 aromatic rings. The van der Waals surface area contributed by atoms with Gasteiger partial charge in [-0.25, -0.2) is 4.98 Å². The first-order valence-corrected chi connectivity index (χ1v) is 11.8. The Morgan fingerprint density at radius 1 is 1.06 bits per heavy atom. The Kier molecular flexibility index (Phi) is 6.17. The van der Waals surface area contributed by atoms with Crippen molar-refractivity contribution in [3.8, 4) is 5.75 Å². The summed E-state index contributed by atoms with van der Waals surface area (Å²) >= 11 is 0. The lowest BCUT2D eigenvalue weighted by molar-refractivity contribution is -0.117. The molecule has 1 fully saturated rings. The van der Waals surface area contributed by atoms with E-state index in [1.54, 1.807) is 0 Å². The summed E-state index contributed by atoms with van der Waals surface area (Å²) in [4.78, 5) is 19.8. The summed E-state index contributed by atoms with van der Waals surface area (Å²) < 4.78 is 8.40. The molecule has 1 aliphatic rings. The van der Waals surface area contributed by atoms with Gasteiger partial charge >= 0.3 is 0 Å². The van der Waals surface area contributed by atoms with E-state index in [0.717, 1.165) is 40.3 Å². The minimum Gasteiger partial charge on any atom is -0.491 e. The molecular weight excluding hydrogens is 422 g/mol. The van der Waals surface area contributed by atoms with Gasteiger partial charge in [-0.2, -0.15) is 0 Å². The standard InChI is InChI=1S/C29H29N3O2/c1-3-8-22-9-4-7-12-27(22)34-18-17-31-26-11-6-5-10-25(26)30-29(31)23-19-28(33)32(20-23)24-15-13-21(2)14-16-24/h3-7,9-16,23H,1,8,17-20H2,2H3. The maximum Gasteiger partial charge on any atom is 0.227 e. The molecule has 0 aliphatic carbocycles. The lowest BCUT2D eigenvalue weighted by Crippen LogP contribution is -2.24. The molecule has 3 aromatic carbocycles. The highest BCUT2D eigenvalue weighted by atomic mass is 16.5. The van der Waals surface area contributed by atoms with Crippen molar-refractivity contribution in [3.05, 3.63) is 102 Å². The predicted molar refractivity (Wildman–Crippen MR) is 136 cm³/mol. The number of carbonyl (C=O) groups excluding carboxylic acids is 1. The van der Waals surface area contributed by atoms with Gasteiger partial charge in [-0.05, 0) is 49.2 Å². The maximum atomic E-state index is 12.9. The smallest absolute Gasteiger partial charge is 0.227 e. The molecule has 0 N–H and O–H groups in total. The van der Waals surface area contributed by atoms with Crippen molar-refractivity contribution in [2.24, 2.45) is 0 Å². The van der Waals surface area contributed by atoms with E-state index in [1.165, 1.54) is 5.56 Å². The number of carbonyl (C=O) groups is 1. The van der Waals surface area contributed by atoms with E-state index < -0.39 is 0 Å². The zero-order valence-corrected chi connectivity index (χ0v) is 19.5. The van der Waals surface area contributed by atoms with Gasteiger partial charge in [0, 0.05) is 24.6 Å². The topological polar surface area (TPSA) is 47.4 Å². The fourth-order valence-electron chi connectivity index (χ4n) is 4.71. The van der Waals surface area contributed by atoms with Crippen LogP contribution in [0.25, 0.3) is 11.0 Å². The number of hydrogen-bond donors (Lipinski definition) is 0. The van der Waals surface area contributed by atoms with Gasteiger partial charge in [-0.15, -0.1) is 6.58 Å². The van der Waals surface area contributed by atoms with Gasteiger partial charge in [-0.3, -0.25) is 4.79 Å². The van der Waals surface area contributed by atoms with Gasteiger partial charge in [0.1, 0.15) is 18.2 Å². The Balaban J connectivity index is 1.39. The van der Waals surface area contributed by atoms with Crippen LogP contribution in [0.5, 0.6) is 5.75 Å². The molecule has 1 unspecified atom stereocenters. The van der Waals surface area contributed by atoms with Crippen molar-refractivity contribution in [1.29, 1.82) is 0 Å². The molecule has 1 amide bonds. The first-order chi connectivity index (χ1) is 16.6. The molecule has 0 spiro atoms. The number of benzene rings is 3. The number of fused-ring (bicyclic) bond motifs is 1. The summed E-state index contributed by atoms with van der Waals surface area (Å²) in [6.45, 7) is 7.71. The van der Waals surface area contributed by atoms with Crippen LogP contribution >= 0.6 is 0 Å². The maximum absolute atomic E-state index is 12.9. The summed E-state index contributed by atoms with van der Waals surface area (Å²) in [5.41, 5.74) is 5.28. The van der Waals surface area contributed by atoms with Crippen LogP contribution in [0.2, 0.25) is 0 Å². The van der Waals surface area contributed by atoms with Crippen molar-refractivity contribution >= 4 is 22.6 Å². The second-order valence-electron chi connectivity index (χ2n) is 8.80. The van der Waals surface area contributed by atoms with E-state index in [1.807, 2.05) is 71.6 Å². The highest BCUT2D eigenvalue weighted by molar-refractivity contribution is 5.96. The Labute approximate surface area is 200 Å². The number of aryl methyl sites for hydroxylation is 1. The van der Waals surface area contributed by atoms with Crippen LogP contribution in [0.15, 0.2) is 85.5 Å². The van der Waals surface area contributed by atoms with Crippen molar-refractivity contribution in [3.63, 3.8) is 0 Å². The number of aromatic nitrogens is 2. The molecule has 5 rings (SSSR count). The normalized spacial score (nSPS) is 15.7. The molecule has 34 heavy (non-hydrogen) atoms. The summed E-state index contributed by atoms with van der Waals surface area (Å²) in [7, 11) is 0. The quantitative estimate of drug-likeness (QED) is 0.324. The average Bonchev–Trinajstić information content (AvgIpc) is 3.41. The Morgan fingerprint density at radius 2 is 1.82 bits per heavy atom. The van der Waals surface area contributed by atoms with E-state index in [0.29, 0.717) is 26.1 Å². The highest BCUT2D eigenvalue weighted by Gasteiger charge is 2.34.